The number of rotatable bonds is 2. The van der Waals surface area contributed by atoms with Crippen LogP contribution in [0.2, 0.25) is 5.02 Å². The van der Waals surface area contributed by atoms with Gasteiger partial charge in [0.2, 0.25) is 0 Å². The van der Waals surface area contributed by atoms with Crippen LogP contribution in [0, 0.1) is 0 Å². The lowest BCUT2D eigenvalue weighted by Crippen LogP contribution is -2.38. The van der Waals surface area contributed by atoms with E-state index >= 15 is 0 Å². The lowest BCUT2D eigenvalue weighted by Gasteiger charge is -2.31. The average Bonchev–Trinajstić information content (AvgIpc) is 2.50. The van der Waals surface area contributed by atoms with Crippen molar-refractivity contribution < 1.29 is 0 Å². The van der Waals surface area contributed by atoms with E-state index in [9.17, 15) is 0 Å². The van der Waals surface area contributed by atoms with Crippen LogP contribution in [-0.4, -0.2) is 37.6 Å². The predicted octanol–water partition coefficient (Wildman–Crippen LogP) is 3.77. The van der Waals surface area contributed by atoms with Crippen molar-refractivity contribution in [2.24, 2.45) is 0 Å². The Balaban J connectivity index is 2.24. The van der Waals surface area contributed by atoms with Crippen LogP contribution in [0.25, 0.3) is 0 Å². The maximum atomic E-state index is 6.42. The van der Waals surface area contributed by atoms with Crippen LogP contribution >= 0.6 is 27.5 Å². The molecule has 18 heavy (non-hydrogen) atoms. The summed E-state index contributed by atoms with van der Waals surface area (Å²) in [6.07, 6.45) is 1.19. The van der Waals surface area contributed by atoms with Crippen molar-refractivity contribution in [3.05, 3.63) is 28.8 Å². The fraction of sp³-hybridized carbons (Fsp3) is 0.571. The molecule has 1 aliphatic heterocycles. The Morgan fingerprint density at radius 3 is 2.83 bits per heavy atom. The molecule has 0 aliphatic carbocycles. The lowest BCUT2D eigenvalue weighted by atomic mass is 10.1. The van der Waals surface area contributed by atoms with Gasteiger partial charge in [-0.05, 0) is 44.6 Å². The molecular formula is C14H20BrClN2. The van der Waals surface area contributed by atoms with Crippen molar-refractivity contribution >= 4 is 33.2 Å². The summed E-state index contributed by atoms with van der Waals surface area (Å²) in [6, 6.07) is 6.87. The fourth-order valence-corrected chi connectivity index (χ4v) is 3.26. The molecule has 2 nitrogen and oxygen atoms in total. The quantitative estimate of drug-likeness (QED) is 0.761. The van der Waals surface area contributed by atoms with Crippen LogP contribution < -0.4 is 4.90 Å². The van der Waals surface area contributed by atoms with Crippen LogP contribution in [0.4, 0.5) is 5.69 Å². The number of benzene rings is 1. The zero-order valence-electron chi connectivity index (χ0n) is 11.0. The van der Waals surface area contributed by atoms with Gasteiger partial charge in [-0.1, -0.05) is 33.6 Å². The molecule has 0 N–H and O–H groups in total. The Bertz CT molecular complexity index is 411. The van der Waals surface area contributed by atoms with Gasteiger partial charge in [0.15, 0.2) is 0 Å². The van der Waals surface area contributed by atoms with E-state index in [0.717, 1.165) is 30.0 Å². The number of alkyl halides is 1. The van der Waals surface area contributed by atoms with Gasteiger partial charge in [-0.15, -0.1) is 0 Å². The first-order chi connectivity index (χ1) is 8.61. The minimum atomic E-state index is 0.504. The van der Waals surface area contributed by atoms with E-state index in [4.69, 9.17) is 11.6 Å². The first kappa shape index (κ1) is 14.2. The van der Waals surface area contributed by atoms with Gasteiger partial charge in [0, 0.05) is 24.5 Å². The Kier molecular flexibility index (Phi) is 4.93. The maximum absolute atomic E-state index is 6.42. The molecule has 1 aromatic rings. The zero-order chi connectivity index (χ0) is 13.1. The number of anilines is 1. The van der Waals surface area contributed by atoms with Crippen LogP contribution in [-0.2, 0) is 5.33 Å². The third-order valence-corrected chi connectivity index (χ3v) is 4.47. The SMILES string of the molecule is CC1CN(C)CCCN1c1ccc(CBr)cc1Cl. The number of nitrogens with zero attached hydrogens (tertiary/aromatic N) is 2. The molecule has 0 radical (unpaired) electrons. The first-order valence-electron chi connectivity index (χ1n) is 6.41. The van der Waals surface area contributed by atoms with Gasteiger partial charge in [0.05, 0.1) is 10.7 Å². The Labute approximate surface area is 123 Å². The molecule has 0 saturated carbocycles. The number of likely N-dealkylation sites (N-methyl/N-ethyl adjacent to an activating group) is 1. The number of hydrogen-bond donors (Lipinski definition) is 0. The topological polar surface area (TPSA) is 6.48 Å². The third kappa shape index (κ3) is 3.19. The minimum absolute atomic E-state index is 0.504. The average molecular weight is 332 g/mol. The largest absolute Gasteiger partial charge is 0.366 e. The number of halogens is 2. The van der Waals surface area contributed by atoms with Crippen molar-refractivity contribution in [2.45, 2.75) is 24.7 Å². The molecule has 1 aliphatic rings. The van der Waals surface area contributed by atoms with Gasteiger partial charge < -0.3 is 9.80 Å². The highest BCUT2D eigenvalue weighted by Gasteiger charge is 2.21. The molecule has 4 heteroatoms. The van der Waals surface area contributed by atoms with Gasteiger partial charge in [-0.2, -0.15) is 0 Å². The summed E-state index contributed by atoms with van der Waals surface area (Å²) in [5, 5.41) is 1.72. The minimum Gasteiger partial charge on any atom is -0.366 e. The standard InChI is InChI=1S/C14H20BrClN2/c1-11-10-17(2)6-3-7-18(11)14-5-4-12(9-15)8-13(14)16/h4-5,8,11H,3,6-7,9-10H2,1-2H3. The van der Waals surface area contributed by atoms with E-state index in [0.29, 0.717) is 6.04 Å². The van der Waals surface area contributed by atoms with E-state index in [2.05, 4.69) is 57.9 Å². The highest BCUT2D eigenvalue weighted by Crippen LogP contribution is 2.30. The number of hydrogen-bond acceptors (Lipinski definition) is 2. The van der Waals surface area contributed by atoms with E-state index in [-0.39, 0.29) is 0 Å². The maximum Gasteiger partial charge on any atom is 0.0642 e. The van der Waals surface area contributed by atoms with E-state index in [1.54, 1.807) is 0 Å². The third-order valence-electron chi connectivity index (χ3n) is 3.52. The molecule has 0 bridgehead atoms. The van der Waals surface area contributed by atoms with E-state index in [1.807, 2.05) is 0 Å². The Hall–Kier alpha value is -0.250. The molecule has 1 heterocycles. The highest BCUT2D eigenvalue weighted by molar-refractivity contribution is 9.08. The van der Waals surface area contributed by atoms with E-state index in [1.165, 1.54) is 17.7 Å². The molecule has 100 valence electrons. The second kappa shape index (κ2) is 6.27. The van der Waals surface area contributed by atoms with Gasteiger partial charge in [0.1, 0.15) is 0 Å². The second-order valence-corrected chi connectivity index (χ2v) is 6.05. The second-order valence-electron chi connectivity index (χ2n) is 5.08. The summed E-state index contributed by atoms with van der Waals surface area (Å²) in [6.45, 7) is 5.61. The first-order valence-corrected chi connectivity index (χ1v) is 7.91. The lowest BCUT2D eigenvalue weighted by molar-refractivity contribution is 0.337. The van der Waals surface area contributed by atoms with Crippen molar-refractivity contribution in [1.29, 1.82) is 0 Å². The smallest absolute Gasteiger partial charge is 0.0642 e. The van der Waals surface area contributed by atoms with Gasteiger partial charge in [-0.3, -0.25) is 0 Å². The molecule has 2 rings (SSSR count). The molecule has 1 fully saturated rings. The fourth-order valence-electron chi connectivity index (χ4n) is 2.60. The highest BCUT2D eigenvalue weighted by atomic mass is 79.9. The van der Waals surface area contributed by atoms with Crippen LogP contribution in [0.15, 0.2) is 18.2 Å². The van der Waals surface area contributed by atoms with Crippen LogP contribution in [0.5, 0.6) is 0 Å². The molecular weight excluding hydrogens is 312 g/mol. The molecule has 0 amide bonds. The van der Waals surface area contributed by atoms with Gasteiger partial charge in [0.25, 0.3) is 0 Å². The summed E-state index contributed by atoms with van der Waals surface area (Å²) in [4.78, 5) is 4.83. The van der Waals surface area contributed by atoms with Gasteiger partial charge in [-0.25, -0.2) is 0 Å². The molecule has 0 aromatic heterocycles. The van der Waals surface area contributed by atoms with Crippen molar-refractivity contribution in [3.8, 4) is 0 Å². The monoisotopic (exact) mass is 330 g/mol. The molecule has 1 saturated heterocycles. The summed E-state index contributed by atoms with van der Waals surface area (Å²) in [5.74, 6) is 0. The molecule has 1 unspecified atom stereocenters. The van der Waals surface area contributed by atoms with Crippen molar-refractivity contribution in [3.63, 3.8) is 0 Å². The van der Waals surface area contributed by atoms with E-state index < -0.39 is 0 Å². The predicted molar refractivity (Wildman–Crippen MR) is 83.0 cm³/mol. The summed E-state index contributed by atoms with van der Waals surface area (Å²) < 4.78 is 0. The molecule has 0 spiro atoms. The molecule has 1 aromatic carbocycles. The normalized spacial score (nSPS) is 22.0. The van der Waals surface area contributed by atoms with Gasteiger partial charge >= 0.3 is 0 Å². The molecule has 1 atom stereocenters. The van der Waals surface area contributed by atoms with Crippen molar-refractivity contribution in [2.75, 3.05) is 31.6 Å². The van der Waals surface area contributed by atoms with Crippen LogP contribution in [0.3, 0.4) is 0 Å². The Morgan fingerprint density at radius 2 is 2.17 bits per heavy atom. The summed E-state index contributed by atoms with van der Waals surface area (Å²) >= 11 is 9.89. The zero-order valence-corrected chi connectivity index (χ0v) is 13.3. The van der Waals surface area contributed by atoms with Crippen LogP contribution in [0.1, 0.15) is 18.9 Å². The summed E-state index contributed by atoms with van der Waals surface area (Å²) in [5.41, 5.74) is 2.40. The Morgan fingerprint density at radius 1 is 1.39 bits per heavy atom. The van der Waals surface area contributed by atoms with Crippen molar-refractivity contribution in [1.82, 2.24) is 4.90 Å². The summed E-state index contributed by atoms with van der Waals surface area (Å²) in [7, 11) is 2.19.